The lowest BCUT2D eigenvalue weighted by Gasteiger charge is -2.10. The fourth-order valence-electron chi connectivity index (χ4n) is 2.00. The number of carbonyl (C=O) groups excluding carboxylic acids is 1. The minimum Gasteiger partial charge on any atom is -0.305 e. The summed E-state index contributed by atoms with van der Waals surface area (Å²) in [5.74, 6) is 0.630. The van der Waals surface area contributed by atoms with E-state index in [9.17, 15) is 4.79 Å². The van der Waals surface area contributed by atoms with Crippen molar-refractivity contribution >= 4 is 34.1 Å². The normalized spacial score (nSPS) is 12.1. The van der Waals surface area contributed by atoms with Gasteiger partial charge in [0.05, 0.1) is 10.9 Å². The summed E-state index contributed by atoms with van der Waals surface area (Å²) in [6.45, 7) is 3.73. The third kappa shape index (κ3) is 3.62. The molecule has 0 bridgehead atoms. The molecule has 1 amide bonds. The average Bonchev–Trinajstić information content (AvgIpc) is 3.14. The van der Waals surface area contributed by atoms with Crippen LogP contribution in [-0.2, 0) is 11.8 Å². The summed E-state index contributed by atoms with van der Waals surface area (Å²) in [4.78, 5) is 20.5. The first kappa shape index (κ1) is 16.6. The van der Waals surface area contributed by atoms with E-state index >= 15 is 0 Å². The Balaban J connectivity index is 1.69. The van der Waals surface area contributed by atoms with Crippen molar-refractivity contribution in [3.05, 3.63) is 35.6 Å². The second-order valence-electron chi connectivity index (χ2n) is 5.14. The summed E-state index contributed by atoms with van der Waals surface area (Å²) in [7, 11) is 1.88. The third-order valence-corrected chi connectivity index (χ3v) is 5.28. The summed E-state index contributed by atoms with van der Waals surface area (Å²) in [6.07, 6.45) is 3.42. The second-order valence-corrected chi connectivity index (χ2v) is 7.31. The fraction of sp³-hybridized carbons (Fsp3) is 0.267. The molecule has 1 N–H and O–H groups in total. The third-order valence-electron chi connectivity index (χ3n) is 3.27. The predicted octanol–water partition coefficient (Wildman–Crippen LogP) is 2.76. The molecule has 0 unspecified atom stereocenters. The molecular formula is C15H16N6OS2. The molecule has 7 nitrogen and oxygen atoms in total. The van der Waals surface area contributed by atoms with Crippen LogP contribution in [0.2, 0.25) is 0 Å². The van der Waals surface area contributed by atoms with Crippen LogP contribution in [-0.4, -0.2) is 35.9 Å². The van der Waals surface area contributed by atoms with Gasteiger partial charge in [-0.15, -0.1) is 21.5 Å². The Labute approximate surface area is 147 Å². The number of nitrogens with one attached hydrogen (secondary N) is 1. The molecule has 3 heterocycles. The largest absolute Gasteiger partial charge is 0.305 e. The first-order chi connectivity index (χ1) is 11.5. The molecule has 0 aliphatic heterocycles. The van der Waals surface area contributed by atoms with Gasteiger partial charge in [-0.2, -0.15) is 0 Å². The monoisotopic (exact) mass is 360 g/mol. The van der Waals surface area contributed by atoms with Gasteiger partial charge in [-0.1, -0.05) is 11.8 Å². The number of anilines is 1. The maximum absolute atomic E-state index is 12.3. The Morgan fingerprint density at radius 2 is 2.08 bits per heavy atom. The van der Waals surface area contributed by atoms with Gasteiger partial charge >= 0.3 is 0 Å². The minimum atomic E-state index is -0.317. The molecule has 24 heavy (non-hydrogen) atoms. The molecule has 1 atom stereocenters. The molecule has 0 aliphatic carbocycles. The van der Waals surface area contributed by atoms with E-state index in [1.54, 1.807) is 12.4 Å². The number of thioether (sulfide) groups is 1. The van der Waals surface area contributed by atoms with E-state index in [0.717, 1.165) is 17.1 Å². The molecule has 0 fully saturated rings. The molecule has 0 radical (unpaired) electrons. The number of nitrogens with zero attached hydrogens (tertiary/aromatic N) is 5. The lowest BCUT2D eigenvalue weighted by atomic mass is 10.2. The highest BCUT2D eigenvalue weighted by Gasteiger charge is 2.20. The van der Waals surface area contributed by atoms with Crippen LogP contribution in [0.1, 0.15) is 12.6 Å². The molecule has 0 aliphatic rings. The van der Waals surface area contributed by atoms with Crippen molar-refractivity contribution in [3.8, 4) is 11.4 Å². The number of amides is 1. The van der Waals surface area contributed by atoms with Gasteiger partial charge in [-0.3, -0.25) is 9.78 Å². The van der Waals surface area contributed by atoms with E-state index in [2.05, 4.69) is 25.5 Å². The van der Waals surface area contributed by atoms with E-state index in [4.69, 9.17) is 0 Å². The van der Waals surface area contributed by atoms with Crippen LogP contribution >= 0.6 is 23.1 Å². The molecule has 124 valence electrons. The maximum atomic E-state index is 12.3. The van der Waals surface area contributed by atoms with Crippen molar-refractivity contribution in [1.29, 1.82) is 0 Å². The number of thiazole rings is 1. The average molecular weight is 360 g/mol. The summed E-state index contributed by atoms with van der Waals surface area (Å²) in [5.41, 5.74) is 1.83. The molecule has 3 aromatic rings. The number of rotatable bonds is 5. The van der Waals surface area contributed by atoms with E-state index in [0.29, 0.717) is 10.3 Å². The summed E-state index contributed by atoms with van der Waals surface area (Å²) in [5, 5.41) is 14.1. The van der Waals surface area contributed by atoms with Crippen LogP contribution in [0.15, 0.2) is 35.1 Å². The number of pyridine rings is 1. The van der Waals surface area contributed by atoms with Crippen LogP contribution < -0.4 is 5.32 Å². The molecular weight excluding hydrogens is 344 g/mol. The number of carbonyl (C=O) groups is 1. The first-order valence-corrected chi connectivity index (χ1v) is 9.00. The quantitative estimate of drug-likeness (QED) is 0.704. The van der Waals surface area contributed by atoms with Crippen LogP contribution in [0.4, 0.5) is 5.13 Å². The lowest BCUT2D eigenvalue weighted by molar-refractivity contribution is -0.115. The highest BCUT2D eigenvalue weighted by atomic mass is 32.2. The summed E-state index contributed by atoms with van der Waals surface area (Å²) in [6, 6.07) is 3.75. The topological polar surface area (TPSA) is 85.6 Å². The van der Waals surface area contributed by atoms with Gasteiger partial charge in [0, 0.05) is 30.4 Å². The van der Waals surface area contributed by atoms with Crippen molar-refractivity contribution in [2.75, 3.05) is 5.32 Å². The molecule has 9 heteroatoms. The Kier molecular flexibility index (Phi) is 4.91. The number of hydrogen-bond acceptors (Lipinski definition) is 7. The molecule has 3 rings (SSSR count). The van der Waals surface area contributed by atoms with Crippen molar-refractivity contribution in [3.63, 3.8) is 0 Å². The molecule has 0 spiro atoms. The van der Waals surface area contributed by atoms with Crippen LogP contribution in [0, 0.1) is 6.92 Å². The number of aryl methyl sites for hydroxylation is 1. The molecule has 0 aromatic carbocycles. The molecule has 3 aromatic heterocycles. The maximum Gasteiger partial charge on any atom is 0.239 e. The van der Waals surface area contributed by atoms with Crippen LogP contribution in [0.5, 0.6) is 0 Å². The second kappa shape index (κ2) is 7.10. The highest BCUT2D eigenvalue weighted by Crippen LogP contribution is 2.26. The number of hydrogen-bond donors (Lipinski definition) is 1. The Bertz CT molecular complexity index is 845. The van der Waals surface area contributed by atoms with E-state index in [1.165, 1.54) is 23.1 Å². The van der Waals surface area contributed by atoms with Crippen molar-refractivity contribution in [1.82, 2.24) is 24.7 Å². The van der Waals surface area contributed by atoms with Gasteiger partial charge in [-0.25, -0.2) is 4.98 Å². The summed E-state index contributed by atoms with van der Waals surface area (Å²) >= 11 is 2.77. The van der Waals surface area contributed by atoms with Crippen LogP contribution in [0.3, 0.4) is 0 Å². The van der Waals surface area contributed by atoms with Gasteiger partial charge in [0.1, 0.15) is 0 Å². The Hall–Kier alpha value is -2.26. The zero-order valence-electron chi connectivity index (χ0n) is 13.4. The predicted molar refractivity (Wildman–Crippen MR) is 95.0 cm³/mol. The zero-order chi connectivity index (χ0) is 17.1. The van der Waals surface area contributed by atoms with Crippen molar-refractivity contribution < 1.29 is 4.79 Å². The van der Waals surface area contributed by atoms with Gasteiger partial charge in [0.2, 0.25) is 5.91 Å². The molecule has 0 saturated heterocycles. The highest BCUT2D eigenvalue weighted by molar-refractivity contribution is 8.00. The Morgan fingerprint density at radius 1 is 1.33 bits per heavy atom. The minimum absolute atomic E-state index is 0.109. The van der Waals surface area contributed by atoms with E-state index in [-0.39, 0.29) is 11.2 Å². The van der Waals surface area contributed by atoms with Gasteiger partial charge in [0.15, 0.2) is 16.1 Å². The number of aromatic nitrogens is 5. The zero-order valence-corrected chi connectivity index (χ0v) is 15.1. The van der Waals surface area contributed by atoms with Crippen molar-refractivity contribution in [2.45, 2.75) is 24.3 Å². The van der Waals surface area contributed by atoms with Crippen LogP contribution in [0.25, 0.3) is 11.4 Å². The lowest BCUT2D eigenvalue weighted by Crippen LogP contribution is -2.22. The standard InChI is InChI=1S/C15H16N6OS2/c1-9-8-23-14(17-9)18-13(22)10(2)24-15-20-19-12(21(15)3)11-4-6-16-7-5-11/h4-8,10H,1-3H3,(H,17,18,22)/t10-/m0/s1. The van der Waals surface area contributed by atoms with Gasteiger partial charge in [-0.05, 0) is 26.0 Å². The van der Waals surface area contributed by atoms with Gasteiger partial charge < -0.3 is 9.88 Å². The smallest absolute Gasteiger partial charge is 0.239 e. The SMILES string of the molecule is Cc1csc(NC(=O)[C@H](C)Sc2nnc(-c3ccncc3)n2C)n1. The van der Waals surface area contributed by atoms with E-state index < -0.39 is 0 Å². The fourth-order valence-corrected chi connectivity index (χ4v) is 3.51. The van der Waals surface area contributed by atoms with E-state index in [1.807, 2.05) is 43.0 Å². The Morgan fingerprint density at radius 3 is 2.75 bits per heavy atom. The van der Waals surface area contributed by atoms with Gasteiger partial charge in [0.25, 0.3) is 0 Å². The van der Waals surface area contributed by atoms with Crippen molar-refractivity contribution in [2.24, 2.45) is 7.05 Å². The first-order valence-electron chi connectivity index (χ1n) is 7.24. The summed E-state index contributed by atoms with van der Waals surface area (Å²) < 4.78 is 1.87. The molecule has 0 saturated carbocycles.